The highest BCUT2D eigenvalue weighted by Gasteiger charge is 2.34. The first-order chi connectivity index (χ1) is 10.8. The molecule has 1 N–H and O–H groups in total. The molecule has 114 valence electrons. The highest BCUT2D eigenvalue weighted by atomic mass is 16.1. The van der Waals surface area contributed by atoms with E-state index in [4.69, 9.17) is 4.98 Å². The monoisotopic (exact) mass is 295 g/mol. The first-order valence-corrected chi connectivity index (χ1v) is 8.30. The molecule has 0 saturated heterocycles. The number of ketones is 1. The van der Waals surface area contributed by atoms with E-state index in [2.05, 4.69) is 22.9 Å². The number of allylic oxidation sites excluding steroid dienone is 2. The first-order valence-electron chi connectivity index (χ1n) is 8.30. The van der Waals surface area contributed by atoms with Gasteiger partial charge in [0, 0.05) is 17.7 Å². The summed E-state index contributed by atoms with van der Waals surface area (Å²) in [7, 11) is 0. The van der Waals surface area contributed by atoms with E-state index in [9.17, 15) is 4.79 Å². The number of anilines is 1. The maximum Gasteiger partial charge on any atom is 0.208 e. The van der Waals surface area contributed by atoms with Gasteiger partial charge in [0.15, 0.2) is 5.78 Å². The number of rotatable bonds is 3. The fraction of sp³-hybridized carbons (Fsp3) is 0.444. The Hall–Kier alpha value is -2.10. The molecule has 4 heteroatoms. The average molecular weight is 295 g/mol. The van der Waals surface area contributed by atoms with Crippen LogP contribution in [0.5, 0.6) is 0 Å². The molecule has 0 saturated carbocycles. The Kier molecular flexibility index (Phi) is 3.25. The molecule has 1 aromatic heterocycles. The number of benzene rings is 1. The molecule has 0 radical (unpaired) electrons. The van der Waals surface area contributed by atoms with Crippen molar-refractivity contribution in [1.29, 1.82) is 0 Å². The number of imidazole rings is 1. The van der Waals surface area contributed by atoms with Gasteiger partial charge in [-0.25, -0.2) is 4.98 Å². The molecule has 1 aromatic carbocycles. The second-order valence-corrected chi connectivity index (χ2v) is 6.25. The van der Waals surface area contributed by atoms with Crippen LogP contribution >= 0.6 is 0 Å². The lowest BCUT2D eigenvalue weighted by Gasteiger charge is -2.33. The molecule has 0 bridgehead atoms. The van der Waals surface area contributed by atoms with Crippen LogP contribution in [0.1, 0.15) is 51.5 Å². The lowest BCUT2D eigenvalue weighted by atomic mass is 9.86. The number of nitrogens with zero attached hydrogens (tertiary/aromatic N) is 2. The minimum Gasteiger partial charge on any atom is -0.329 e. The van der Waals surface area contributed by atoms with E-state index in [0.29, 0.717) is 12.2 Å². The Morgan fingerprint density at radius 2 is 2.18 bits per heavy atom. The minimum absolute atomic E-state index is 0.145. The van der Waals surface area contributed by atoms with Crippen molar-refractivity contribution in [1.82, 2.24) is 9.55 Å². The number of hydrogen-bond donors (Lipinski definition) is 1. The van der Waals surface area contributed by atoms with Gasteiger partial charge < -0.3 is 9.88 Å². The van der Waals surface area contributed by atoms with E-state index in [-0.39, 0.29) is 6.04 Å². The largest absolute Gasteiger partial charge is 0.329 e. The molecule has 1 aliphatic heterocycles. The molecule has 22 heavy (non-hydrogen) atoms. The van der Waals surface area contributed by atoms with Crippen molar-refractivity contribution in [2.75, 3.05) is 5.32 Å². The molecular formula is C18H21N3O. The van der Waals surface area contributed by atoms with Gasteiger partial charge in [-0.15, -0.1) is 0 Å². The smallest absolute Gasteiger partial charge is 0.208 e. The molecule has 1 aliphatic carbocycles. The number of carbonyl (C=O) groups excluding carboxylic acids is 1. The summed E-state index contributed by atoms with van der Waals surface area (Å²) < 4.78 is 2.24. The van der Waals surface area contributed by atoms with E-state index in [1.165, 1.54) is 0 Å². The Morgan fingerprint density at radius 1 is 1.32 bits per heavy atom. The predicted molar refractivity (Wildman–Crippen MR) is 87.8 cm³/mol. The van der Waals surface area contributed by atoms with Crippen LogP contribution in [0.3, 0.4) is 0 Å². The first kappa shape index (κ1) is 13.6. The van der Waals surface area contributed by atoms with Crippen molar-refractivity contribution in [3.63, 3.8) is 0 Å². The van der Waals surface area contributed by atoms with E-state index in [1.807, 2.05) is 18.2 Å². The normalized spacial score (nSPS) is 20.8. The maximum absolute atomic E-state index is 12.5. The summed E-state index contributed by atoms with van der Waals surface area (Å²) in [5.41, 5.74) is 4.24. The summed E-state index contributed by atoms with van der Waals surface area (Å²) in [6.07, 6.45) is 5.88. The highest BCUT2D eigenvalue weighted by molar-refractivity contribution is 5.99. The van der Waals surface area contributed by atoms with Gasteiger partial charge in [-0.2, -0.15) is 0 Å². The van der Waals surface area contributed by atoms with Gasteiger partial charge in [-0.1, -0.05) is 31.9 Å². The van der Waals surface area contributed by atoms with Crippen molar-refractivity contribution in [2.45, 2.75) is 51.5 Å². The van der Waals surface area contributed by atoms with E-state index in [1.54, 1.807) is 0 Å². The topological polar surface area (TPSA) is 46.9 Å². The molecule has 2 aromatic rings. The van der Waals surface area contributed by atoms with Gasteiger partial charge in [0.25, 0.3) is 0 Å². The van der Waals surface area contributed by atoms with Crippen molar-refractivity contribution in [3.05, 3.63) is 35.5 Å². The lowest BCUT2D eigenvalue weighted by Crippen LogP contribution is -2.30. The zero-order chi connectivity index (χ0) is 15.1. The molecule has 0 fully saturated rings. The van der Waals surface area contributed by atoms with Crippen molar-refractivity contribution < 1.29 is 4.79 Å². The zero-order valence-corrected chi connectivity index (χ0v) is 12.9. The highest BCUT2D eigenvalue weighted by Crippen LogP contribution is 2.41. The third-order valence-electron chi connectivity index (χ3n) is 4.79. The SMILES string of the molecule is CCCCC1C2=C(CCCC2=O)Nc2nc3ccccc3n21. The van der Waals surface area contributed by atoms with Crippen LogP contribution in [0.2, 0.25) is 0 Å². The third-order valence-corrected chi connectivity index (χ3v) is 4.79. The fourth-order valence-electron chi connectivity index (χ4n) is 3.76. The Bertz CT molecular complexity index is 772. The Balaban J connectivity index is 1.89. The van der Waals surface area contributed by atoms with Gasteiger partial charge in [0.1, 0.15) is 0 Å². The quantitative estimate of drug-likeness (QED) is 0.923. The molecule has 4 rings (SSSR count). The summed E-state index contributed by atoms with van der Waals surface area (Å²) in [5.74, 6) is 1.22. The van der Waals surface area contributed by atoms with Crippen LogP contribution in [0, 0.1) is 0 Å². The van der Waals surface area contributed by atoms with Crippen molar-refractivity contribution in [3.8, 4) is 0 Å². The number of carbonyl (C=O) groups is 1. The molecule has 2 heterocycles. The van der Waals surface area contributed by atoms with Crippen LogP contribution in [-0.2, 0) is 4.79 Å². The van der Waals surface area contributed by atoms with Crippen molar-refractivity contribution >= 4 is 22.8 Å². The molecule has 4 nitrogen and oxygen atoms in total. The number of fused-ring (bicyclic) bond motifs is 3. The molecule has 0 spiro atoms. The number of nitrogens with one attached hydrogen (secondary N) is 1. The van der Waals surface area contributed by atoms with Crippen LogP contribution in [0.4, 0.5) is 5.95 Å². The summed E-state index contributed by atoms with van der Waals surface area (Å²) in [4.78, 5) is 17.3. The van der Waals surface area contributed by atoms with Crippen LogP contribution in [0.15, 0.2) is 35.5 Å². The summed E-state index contributed by atoms with van der Waals surface area (Å²) in [6.45, 7) is 2.20. The average Bonchev–Trinajstić information content (AvgIpc) is 2.90. The molecule has 1 atom stereocenters. The van der Waals surface area contributed by atoms with Crippen LogP contribution in [-0.4, -0.2) is 15.3 Å². The van der Waals surface area contributed by atoms with Gasteiger partial charge >= 0.3 is 0 Å². The molecule has 2 aliphatic rings. The number of Topliss-reactive ketones (excluding diaryl/α,β-unsaturated/α-hetero) is 1. The van der Waals surface area contributed by atoms with Crippen molar-refractivity contribution in [2.24, 2.45) is 0 Å². The second kappa shape index (κ2) is 5.27. The van der Waals surface area contributed by atoms with Gasteiger partial charge in [0.2, 0.25) is 5.95 Å². The minimum atomic E-state index is 0.145. The molecule has 0 amide bonds. The molecular weight excluding hydrogens is 274 g/mol. The summed E-state index contributed by atoms with van der Waals surface area (Å²) in [5, 5.41) is 3.44. The lowest BCUT2D eigenvalue weighted by molar-refractivity contribution is -0.116. The van der Waals surface area contributed by atoms with Gasteiger partial charge in [-0.05, 0) is 31.4 Å². The van der Waals surface area contributed by atoms with Gasteiger partial charge in [-0.3, -0.25) is 4.79 Å². The summed E-state index contributed by atoms with van der Waals surface area (Å²) in [6, 6.07) is 8.35. The zero-order valence-electron chi connectivity index (χ0n) is 12.9. The van der Waals surface area contributed by atoms with E-state index < -0.39 is 0 Å². The van der Waals surface area contributed by atoms with E-state index >= 15 is 0 Å². The Labute approximate surface area is 130 Å². The summed E-state index contributed by atoms with van der Waals surface area (Å²) >= 11 is 0. The number of para-hydroxylation sites is 2. The fourth-order valence-corrected chi connectivity index (χ4v) is 3.76. The second-order valence-electron chi connectivity index (χ2n) is 6.25. The third kappa shape index (κ3) is 1.97. The number of unbranched alkanes of at least 4 members (excludes halogenated alkanes) is 1. The maximum atomic E-state index is 12.5. The predicted octanol–water partition coefficient (Wildman–Crippen LogP) is 4.20. The van der Waals surface area contributed by atoms with Gasteiger partial charge in [0.05, 0.1) is 17.1 Å². The number of hydrogen-bond acceptors (Lipinski definition) is 3. The van der Waals surface area contributed by atoms with E-state index in [0.717, 1.165) is 60.4 Å². The molecule has 1 unspecified atom stereocenters. The number of aromatic nitrogens is 2. The van der Waals surface area contributed by atoms with Crippen LogP contribution in [0.25, 0.3) is 11.0 Å². The standard InChI is InChI=1S/C18H21N3O/c1-2-3-9-15-17-13(8-6-11-16(17)22)20-18-19-12-7-4-5-10-14(12)21(15)18/h4-5,7,10,15H,2-3,6,8-9,11H2,1H3,(H,19,20). The Morgan fingerprint density at radius 3 is 3.05 bits per heavy atom. The van der Waals surface area contributed by atoms with Crippen LogP contribution < -0.4 is 5.32 Å².